The molecular weight excluding hydrogens is 337 g/mol. The molecule has 1 aliphatic rings. The van der Waals surface area contributed by atoms with Gasteiger partial charge in [-0.3, -0.25) is 4.79 Å². The number of benzene rings is 2. The molecule has 0 atom stereocenters. The van der Waals surface area contributed by atoms with E-state index in [4.69, 9.17) is 9.47 Å². The maximum atomic E-state index is 13.0. The highest BCUT2D eigenvalue weighted by Crippen LogP contribution is 2.28. The van der Waals surface area contributed by atoms with Crippen LogP contribution in [0.4, 0.5) is 10.1 Å². The molecule has 26 heavy (non-hydrogen) atoms. The molecule has 0 fully saturated rings. The minimum absolute atomic E-state index is 0.00742. The summed E-state index contributed by atoms with van der Waals surface area (Å²) < 4.78 is 23.6. The van der Waals surface area contributed by atoms with E-state index in [1.165, 1.54) is 30.3 Å². The largest absolute Gasteiger partial charge is 0.462 e. The highest BCUT2D eigenvalue weighted by molar-refractivity contribution is 6.26. The smallest absolute Gasteiger partial charge is 0.347 e. The molecule has 1 N–H and O–H groups in total. The Bertz CT molecular complexity index is 886. The molecule has 0 saturated heterocycles. The number of hydrogen-bond acceptors (Lipinski definition) is 5. The van der Waals surface area contributed by atoms with Gasteiger partial charge in [-0.2, -0.15) is 0 Å². The number of allylic oxidation sites excluding steroid dienone is 1. The summed E-state index contributed by atoms with van der Waals surface area (Å²) in [4.78, 5) is 24.8. The third kappa shape index (κ3) is 3.80. The highest BCUT2D eigenvalue weighted by atomic mass is 19.1. The van der Waals surface area contributed by atoms with Gasteiger partial charge in [-0.1, -0.05) is 30.3 Å². The number of hydrogen-bond donors (Lipinski definition) is 1. The SMILES string of the molecule is CCOC(=O)C1=C(Nc2ccccc2)O/C(=C/c2ccc(F)cc2)C1=O. The summed E-state index contributed by atoms with van der Waals surface area (Å²) in [5, 5.41) is 2.92. The second-order valence-electron chi connectivity index (χ2n) is 5.41. The minimum Gasteiger partial charge on any atom is -0.462 e. The lowest BCUT2D eigenvalue weighted by molar-refractivity contribution is -0.139. The quantitative estimate of drug-likeness (QED) is 0.505. The predicted molar refractivity (Wildman–Crippen MR) is 94.2 cm³/mol. The first-order chi connectivity index (χ1) is 12.6. The van der Waals surface area contributed by atoms with Crippen LogP contribution in [0.5, 0.6) is 0 Å². The standard InChI is InChI=1S/C20H16FNO4/c1-2-25-20(24)17-18(23)16(12-13-8-10-14(21)11-9-13)26-19(17)22-15-6-4-3-5-7-15/h3-12,22H,2H2,1H3/b16-12+. The molecule has 0 saturated carbocycles. The van der Waals surface area contributed by atoms with Gasteiger partial charge in [-0.05, 0) is 42.8 Å². The van der Waals surface area contributed by atoms with E-state index in [0.29, 0.717) is 11.3 Å². The maximum absolute atomic E-state index is 13.0. The summed E-state index contributed by atoms with van der Waals surface area (Å²) in [6, 6.07) is 14.5. The van der Waals surface area contributed by atoms with E-state index in [9.17, 15) is 14.0 Å². The van der Waals surface area contributed by atoms with Gasteiger partial charge in [-0.15, -0.1) is 0 Å². The first-order valence-electron chi connectivity index (χ1n) is 8.01. The van der Waals surface area contributed by atoms with Gasteiger partial charge in [0.2, 0.25) is 11.7 Å². The molecule has 0 amide bonds. The molecule has 0 spiro atoms. The Morgan fingerprint density at radius 3 is 2.50 bits per heavy atom. The zero-order valence-corrected chi connectivity index (χ0v) is 14.0. The molecule has 2 aromatic carbocycles. The number of ketones is 1. The molecule has 0 aromatic heterocycles. The fourth-order valence-electron chi connectivity index (χ4n) is 2.37. The van der Waals surface area contributed by atoms with Crippen LogP contribution in [0, 0.1) is 5.82 Å². The molecule has 1 heterocycles. The van der Waals surface area contributed by atoms with Gasteiger partial charge in [0.15, 0.2) is 11.3 Å². The zero-order valence-electron chi connectivity index (χ0n) is 14.0. The van der Waals surface area contributed by atoms with Crippen LogP contribution in [0.1, 0.15) is 12.5 Å². The van der Waals surface area contributed by atoms with Crippen LogP contribution in [0.15, 0.2) is 71.8 Å². The van der Waals surface area contributed by atoms with Gasteiger partial charge in [0, 0.05) is 5.69 Å². The Labute approximate surface area is 149 Å². The number of nitrogens with one attached hydrogen (secondary N) is 1. The van der Waals surface area contributed by atoms with Crippen molar-refractivity contribution in [1.82, 2.24) is 0 Å². The Morgan fingerprint density at radius 2 is 1.85 bits per heavy atom. The lowest BCUT2D eigenvalue weighted by atomic mass is 10.1. The molecule has 6 heteroatoms. The van der Waals surface area contributed by atoms with E-state index in [2.05, 4.69) is 5.32 Å². The third-order valence-electron chi connectivity index (χ3n) is 3.57. The first-order valence-corrected chi connectivity index (χ1v) is 8.01. The van der Waals surface area contributed by atoms with Crippen LogP contribution in [-0.2, 0) is 19.1 Å². The number of anilines is 1. The summed E-state index contributed by atoms with van der Waals surface area (Å²) in [7, 11) is 0. The Kier molecular flexibility index (Phi) is 5.12. The topological polar surface area (TPSA) is 64.6 Å². The molecule has 1 aliphatic heterocycles. The van der Waals surface area contributed by atoms with Crippen molar-refractivity contribution in [3.8, 4) is 0 Å². The summed E-state index contributed by atoms with van der Waals surface area (Å²) >= 11 is 0. The van der Waals surface area contributed by atoms with Crippen molar-refractivity contribution in [3.63, 3.8) is 0 Å². The average Bonchev–Trinajstić information content (AvgIpc) is 2.93. The van der Waals surface area contributed by atoms with E-state index >= 15 is 0 Å². The molecule has 0 bridgehead atoms. The number of carbonyl (C=O) groups is 2. The number of carbonyl (C=O) groups excluding carboxylic acids is 2. The van der Waals surface area contributed by atoms with Crippen molar-refractivity contribution in [1.29, 1.82) is 0 Å². The van der Waals surface area contributed by atoms with Crippen LogP contribution < -0.4 is 5.32 Å². The minimum atomic E-state index is -0.765. The number of rotatable bonds is 5. The van der Waals surface area contributed by atoms with E-state index in [1.54, 1.807) is 31.2 Å². The van der Waals surface area contributed by atoms with Crippen molar-refractivity contribution >= 4 is 23.5 Å². The monoisotopic (exact) mass is 353 g/mol. The number of esters is 1. The first kappa shape index (κ1) is 17.4. The lowest BCUT2D eigenvalue weighted by Crippen LogP contribution is -2.16. The van der Waals surface area contributed by atoms with E-state index in [-0.39, 0.29) is 29.6 Å². The average molecular weight is 353 g/mol. The van der Waals surface area contributed by atoms with E-state index < -0.39 is 11.8 Å². The van der Waals surface area contributed by atoms with Gasteiger partial charge in [0.05, 0.1) is 6.61 Å². The van der Waals surface area contributed by atoms with Gasteiger partial charge >= 0.3 is 5.97 Å². The molecule has 5 nitrogen and oxygen atoms in total. The highest BCUT2D eigenvalue weighted by Gasteiger charge is 2.36. The summed E-state index contributed by atoms with van der Waals surface area (Å²) in [5.74, 6) is -1.78. The second kappa shape index (κ2) is 7.65. The van der Waals surface area contributed by atoms with Crippen LogP contribution >= 0.6 is 0 Å². The Balaban J connectivity index is 1.93. The zero-order chi connectivity index (χ0) is 18.5. The number of Topliss-reactive ketones (excluding diaryl/α,β-unsaturated/α-hetero) is 1. The van der Waals surface area contributed by atoms with Gasteiger partial charge in [-0.25, -0.2) is 9.18 Å². The van der Waals surface area contributed by atoms with E-state index in [1.807, 2.05) is 6.07 Å². The second-order valence-corrected chi connectivity index (χ2v) is 5.41. The fourth-order valence-corrected chi connectivity index (χ4v) is 2.37. The summed E-state index contributed by atoms with van der Waals surface area (Å²) in [6.07, 6.45) is 1.45. The number of ether oxygens (including phenoxy) is 2. The molecule has 0 aliphatic carbocycles. The van der Waals surface area contributed by atoms with E-state index in [0.717, 1.165) is 0 Å². The predicted octanol–water partition coefficient (Wildman–Crippen LogP) is 3.65. The third-order valence-corrected chi connectivity index (χ3v) is 3.57. The van der Waals surface area contributed by atoms with Gasteiger partial charge < -0.3 is 14.8 Å². The van der Waals surface area contributed by atoms with Crippen molar-refractivity contribution < 1.29 is 23.5 Å². The molecule has 3 rings (SSSR count). The fraction of sp³-hybridized carbons (Fsp3) is 0.100. The lowest BCUT2D eigenvalue weighted by Gasteiger charge is -2.08. The van der Waals surface area contributed by atoms with Crippen molar-refractivity contribution in [3.05, 3.63) is 83.2 Å². The molecular formula is C20H16FNO4. The number of halogens is 1. The molecule has 0 unspecified atom stereocenters. The molecule has 132 valence electrons. The Hall–Kier alpha value is -3.41. The maximum Gasteiger partial charge on any atom is 0.347 e. The van der Waals surface area contributed by atoms with Crippen molar-refractivity contribution in [2.75, 3.05) is 11.9 Å². The van der Waals surface area contributed by atoms with Gasteiger partial charge in [0.1, 0.15) is 5.82 Å². The van der Waals surface area contributed by atoms with Crippen LogP contribution in [-0.4, -0.2) is 18.4 Å². The Morgan fingerprint density at radius 1 is 1.15 bits per heavy atom. The van der Waals surface area contributed by atoms with Crippen LogP contribution in [0.3, 0.4) is 0 Å². The normalized spacial score (nSPS) is 15.2. The van der Waals surface area contributed by atoms with Crippen LogP contribution in [0.25, 0.3) is 6.08 Å². The molecule has 0 radical (unpaired) electrons. The van der Waals surface area contributed by atoms with Crippen molar-refractivity contribution in [2.45, 2.75) is 6.92 Å². The number of para-hydroxylation sites is 1. The van der Waals surface area contributed by atoms with Crippen LogP contribution in [0.2, 0.25) is 0 Å². The van der Waals surface area contributed by atoms with Gasteiger partial charge in [0.25, 0.3) is 0 Å². The van der Waals surface area contributed by atoms with Crippen molar-refractivity contribution in [2.24, 2.45) is 0 Å². The summed E-state index contributed by atoms with van der Waals surface area (Å²) in [5.41, 5.74) is 1.02. The summed E-state index contributed by atoms with van der Waals surface area (Å²) in [6.45, 7) is 1.78. The molecule has 2 aromatic rings.